The Kier molecular flexibility index (Phi) is 6.47. The summed E-state index contributed by atoms with van der Waals surface area (Å²) in [5.41, 5.74) is 3.30. The van der Waals surface area contributed by atoms with Gasteiger partial charge in [-0.25, -0.2) is 4.79 Å². The number of allylic oxidation sites excluding steroid dienone is 1. The van der Waals surface area contributed by atoms with E-state index in [4.69, 9.17) is 9.47 Å². The summed E-state index contributed by atoms with van der Waals surface area (Å²) in [4.78, 5) is 12.4. The fourth-order valence-electron chi connectivity index (χ4n) is 5.48. The number of carbonyl (C=O) groups is 1. The van der Waals surface area contributed by atoms with Crippen LogP contribution in [0.3, 0.4) is 0 Å². The number of nitrogens with one attached hydrogen (secondary N) is 1. The molecule has 1 N–H and O–H groups in total. The maximum absolute atomic E-state index is 12.4. The molecule has 0 unspecified atom stereocenters. The van der Waals surface area contributed by atoms with Crippen molar-refractivity contribution in [1.82, 2.24) is 0 Å². The second-order valence-electron chi connectivity index (χ2n) is 9.19. The Morgan fingerprint density at radius 1 is 1.10 bits per heavy atom. The quantitative estimate of drug-likeness (QED) is 0.575. The highest BCUT2D eigenvalue weighted by molar-refractivity contribution is 5.84. The van der Waals surface area contributed by atoms with Crippen LogP contribution < -0.4 is 5.32 Å². The van der Waals surface area contributed by atoms with Crippen molar-refractivity contribution in [3.05, 3.63) is 77.9 Å². The van der Waals surface area contributed by atoms with Gasteiger partial charge in [0.1, 0.15) is 6.61 Å². The van der Waals surface area contributed by atoms with Crippen molar-refractivity contribution in [3.63, 3.8) is 0 Å². The molecule has 2 bridgehead atoms. The van der Waals surface area contributed by atoms with Gasteiger partial charge < -0.3 is 9.47 Å². The molecule has 2 aliphatic rings. The molecule has 1 aliphatic heterocycles. The van der Waals surface area contributed by atoms with Gasteiger partial charge in [-0.2, -0.15) is 0 Å². The monoisotopic (exact) mass is 419 g/mol. The third-order valence-corrected chi connectivity index (χ3v) is 7.41. The first kappa shape index (κ1) is 21.6. The van der Waals surface area contributed by atoms with Gasteiger partial charge >= 0.3 is 6.09 Å². The number of benzene rings is 2. The zero-order valence-corrected chi connectivity index (χ0v) is 18.7. The van der Waals surface area contributed by atoms with Crippen LogP contribution in [0, 0.1) is 23.2 Å². The molecule has 0 saturated carbocycles. The minimum absolute atomic E-state index is 0.193. The normalized spacial score (nSPS) is 29.7. The van der Waals surface area contributed by atoms with E-state index in [2.05, 4.69) is 62.5 Å². The lowest BCUT2D eigenvalue weighted by molar-refractivity contribution is -0.164. The maximum Gasteiger partial charge on any atom is 0.411 e. The lowest BCUT2D eigenvalue weighted by Crippen LogP contribution is -2.57. The van der Waals surface area contributed by atoms with Crippen molar-refractivity contribution in [2.75, 3.05) is 18.5 Å². The van der Waals surface area contributed by atoms with Gasteiger partial charge in [-0.3, -0.25) is 5.32 Å². The number of carbonyl (C=O) groups excluding carboxylic acids is 1. The molecule has 4 rings (SSSR count). The summed E-state index contributed by atoms with van der Waals surface area (Å²) in [5, 5.41) is 2.82. The molecule has 0 radical (unpaired) electrons. The molecular weight excluding hydrogens is 386 g/mol. The second-order valence-corrected chi connectivity index (χ2v) is 9.19. The van der Waals surface area contributed by atoms with Crippen molar-refractivity contribution in [2.24, 2.45) is 23.2 Å². The molecule has 1 aliphatic carbocycles. The van der Waals surface area contributed by atoms with E-state index in [9.17, 15) is 4.79 Å². The number of fused-ring (bicyclic) bond motifs is 2. The minimum atomic E-state index is -0.408. The lowest BCUT2D eigenvalue weighted by atomic mass is 9.56. The number of ether oxygens (including phenoxy) is 2. The standard InChI is InChI=1S/C27H33NO3/c1-19-16-20(2)27(18-31-26(29)28-23-12-8-5-9-13-23)17-30-24(25(19)21(27)3)15-14-22-10-6-4-7-11-22/h4-13,16,20-21,24-25H,14-15,17-18H2,1-3H3,(H,28,29)/t20-,21-,24+,25+,27-/m1/s1. The van der Waals surface area contributed by atoms with E-state index in [1.807, 2.05) is 30.3 Å². The Hall–Kier alpha value is -2.59. The number of rotatable bonds is 6. The summed E-state index contributed by atoms with van der Waals surface area (Å²) in [6.07, 6.45) is 4.19. The highest BCUT2D eigenvalue weighted by Crippen LogP contribution is 2.53. The van der Waals surface area contributed by atoms with E-state index in [0.717, 1.165) is 18.5 Å². The molecule has 5 atom stereocenters. The van der Waals surface area contributed by atoms with Gasteiger partial charge in [0.15, 0.2) is 0 Å². The number of para-hydroxylation sites is 1. The zero-order chi connectivity index (χ0) is 21.8. The molecule has 31 heavy (non-hydrogen) atoms. The minimum Gasteiger partial charge on any atom is -0.449 e. The number of anilines is 1. The molecule has 164 valence electrons. The summed E-state index contributed by atoms with van der Waals surface area (Å²) in [7, 11) is 0. The first-order chi connectivity index (χ1) is 15.0. The van der Waals surface area contributed by atoms with Crippen molar-refractivity contribution in [2.45, 2.75) is 39.7 Å². The predicted octanol–water partition coefficient (Wildman–Crippen LogP) is 6.10. The SMILES string of the molecule is CC1=C[C@@H](C)[C@]2(COC(=O)Nc3ccccc3)CO[C@@H](CCc3ccccc3)[C@@H]1[C@H]2C. The van der Waals surface area contributed by atoms with Gasteiger partial charge in [0.25, 0.3) is 0 Å². The summed E-state index contributed by atoms with van der Waals surface area (Å²) in [6, 6.07) is 20.0. The summed E-state index contributed by atoms with van der Waals surface area (Å²) in [5.74, 6) is 1.03. The van der Waals surface area contributed by atoms with Crippen LogP contribution in [0.2, 0.25) is 0 Å². The Balaban J connectivity index is 1.43. The number of aryl methyl sites for hydroxylation is 1. The fourth-order valence-corrected chi connectivity index (χ4v) is 5.48. The molecule has 1 amide bonds. The molecule has 1 fully saturated rings. The smallest absolute Gasteiger partial charge is 0.411 e. The molecule has 2 aromatic carbocycles. The topological polar surface area (TPSA) is 47.6 Å². The van der Waals surface area contributed by atoms with Crippen LogP contribution in [-0.4, -0.2) is 25.4 Å². The van der Waals surface area contributed by atoms with E-state index >= 15 is 0 Å². The molecule has 1 saturated heterocycles. The molecule has 4 nitrogen and oxygen atoms in total. The Morgan fingerprint density at radius 3 is 2.48 bits per heavy atom. The Bertz CT molecular complexity index is 911. The van der Waals surface area contributed by atoms with Crippen LogP contribution in [0.4, 0.5) is 10.5 Å². The van der Waals surface area contributed by atoms with Gasteiger partial charge in [0.2, 0.25) is 0 Å². The molecule has 1 heterocycles. The van der Waals surface area contributed by atoms with E-state index in [0.29, 0.717) is 31.0 Å². The van der Waals surface area contributed by atoms with Crippen LogP contribution in [-0.2, 0) is 15.9 Å². The zero-order valence-electron chi connectivity index (χ0n) is 18.7. The van der Waals surface area contributed by atoms with Gasteiger partial charge in [-0.1, -0.05) is 74.0 Å². The first-order valence-corrected chi connectivity index (χ1v) is 11.3. The molecular formula is C27H33NO3. The van der Waals surface area contributed by atoms with Crippen molar-refractivity contribution < 1.29 is 14.3 Å². The Morgan fingerprint density at radius 2 is 1.77 bits per heavy atom. The average molecular weight is 420 g/mol. The summed E-state index contributed by atoms with van der Waals surface area (Å²) >= 11 is 0. The van der Waals surface area contributed by atoms with Crippen molar-refractivity contribution in [1.29, 1.82) is 0 Å². The van der Waals surface area contributed by atoms with Crippen LogP contribution >= 0.6 is 0 Å². The van der Waals surface area contributed by atoms with Gasteiger partial charge in [-0.05, 0) is 49.3 Å². The number of hydrogen-bond acceptors (Lipinski definition) is 3. The van der Waals surface area contributed by atoms with Crippen molar-refractivity contribution in [3.8, 4) is 0 Å². The van der Waals surface area contributed by atoms with Crippen LogP contribution in [0.25, 0.3) is 0 Å². The Labute approximate surface area is 185 Å². The fraction of sp³-hybridized carbons (Fsp3) is 0.444. The van der Waals surface area contributed by atoms with Gasteiger partial charge in [0.05, 0.1) is 12.7 Å². The summed E-state index contributed by atoms with van der Waals surface area (Å²) < 4.78 is 12.2. The predicted molar refractivity (Wildman–Crippen MR) is 124 cm³/mol. The van der Waals surface area contributed by atoms with Crippen LogP contribution in [0.5, 0.6) is 0 Å². The first-order valence-electron chi connectivity index (χ1n) is 11.3. The molecule has 0 aromatic heterocycles. The average Bonchev–Trinajstić information content (AvgIpc) is 2.77. The van der Waals surface area contributed by atoms with Crippen LogP contribution in [0.15, 0.2) is 72.3 Å². The van der Waals surface area contributed by atoms with E-state index in [1.54, 1.807) is 0 Å². The molecule has 2 aromatic rings. The largest absolute Gasteiger partial charge is 0.449 e. The highest BCUT2D eigenvalue weighted by Gasteiger charge is 2.54. The number of hydrogen-bond donors (Lipinski definition) is 1. The highest BCUT2D eigenvalue weighted by atomic mass is 16.6. The van der Waals surface area contributed by atoms with E-state index in [-0.39, 0.29) is 11.5 Å². The lowest BCUT2D eigenvalue weighted by Gasteiger charge is -2.55. The third kappa shape index (κ3) is 4.54. The van der Waals surface area contributed by atoms with Gasteiger partial charge in [0, 0.05) is 17.0 Å². The second kappa shape index (κ2) is 9.27. The van der Waals surface area contributed by atoms with E-state index < -0.39 is 6.09 Å². The van der Waals surface area contributed by atoms with Crippen LogP contribution in [0.1, 0.15) is 32.8 Å². The van der Waals surface area contributed by atoms with Crippen molar-refractivity contribution >= 4 is 11.8 Å². The molecule has 4 heteroatoms. The maximum atomic E-state index is 12.4. The summed E-state index contributed by atoms with van der Waals surface area (Å²) in [6.45, 7) is 7.75. The van der Waals surface area contributed by atoms with E-state index in [1.165, 1.54) is 11.1 Å². The third-order valence-electron chi connectivity index (χ3n) is 7.41. The molecule has 0 spiro atoms. The van der Waals surface area contributed by atoms with Gasteiger partial charge in [-0.15, -0.1) is 0 Å². The number of amides is 1.